The highest BCUT2D eigenvalue weighted by Gasteiger charge is 2.16. The van der Waals surface area contributed by atoms with E-state index in [9.17, 15) is 4.39 Å². The van der Waals surface area contributed by atoms with Crippen LogP contribution in [0.15, 0.2) is 18.2 Å². The topological polar surface area (TPSA) is 12.0 Å². The molecule has 1 aromatic carbocycles. The van der Waals surface area contributed by atoms with E-state index in [1.54, 1.807) is 12.1 Å². The van der Waals surface area contributed by atoms with Crippen LogP contribution < -0.4 is 5.32 Å². The SMILES string of the molecule is CC(C)(CCl)NCc1c(F)cccc1Cl. The molecule has 0 atom stereocenters. The maximum atomic E-state index is 13.4. The van der Waals surface area contributed by atoms with Crippen molar-refractivity contribution in [3.8, 4) is 0 Å². The van der Waals surface area contributed by atoms with Crippen LogP contribution in [-0.4, -0.2) is 11.4 Å². The highest BCUT2D eigenvalue weighted by atomic mass is 35.5. The summed E-state index contributed by atoms with van der Waals surface area (Å²) < 4.78 is 13.4. The van der Waals surface area contributed by atoms with Gasteiger partial charge in [-0.15, -0.1) is 11.6 Å². The van der Waals surface area contributed by atoms with E-state index in [4.69, 9.17) is 23.2 Å². The lowest BCUT2D eigenvalue weighted by molar-refractivity contribution is 0.423. The van der Waals surface area contributed by atoms with Crippen molar-refractivity contribution in [2.75, 3.05) is 5.88 Å². The van der Waals surface area contributed by atoms with Crippen LogP contribution in [0.5, 0.6) is 0 Å². The molecule has 15 heavy (non-hydrogen) atoms. The van der Waals surface area contributed by atoms with Crippen LogP contribution in [0.25, 0.3) is 0 Å². The lowest BCUT2D eigenvalue weighted by Crippen LogP contribution is -2.40. The number of benzene rings is 1. The van der Waals surface area contributed by atoms with Crippen molar-refractivity contribution in [2.24, 2.45) is 0 Å². The summed E-state index contributed by atoms with van der Waals surface area (Å²) in [5.74, 6) is 0.166. The van der Waals surface area contributed by atoms with Crippen LogP contribution >= 0.6 is 23.2 Å². The second kappa shape index (κ2) is 5.15. The van der Waals surface area contributed by atoms with Gasteiger partial charge >= 0.3 is 0 Å². The van der Waals surface area contributed by atoms with E-state index in [0.717, 1.165) is 0 Å². The molecule has 1 N–H and O–H groups in total. The Balaban J connectivity index is 2.73. The van der Waals surface area contributed by atoms with Gasteiger partial charge in [0.25, 0.3) is 0 Å². The Bertz CT molecular complexity index is 319. The zero-order valence-electron chi connectivity index (χ0n) is 8.78. The summed E-state index contributed by atoms with van der Waals surface area (Å²) in [6.07, 6.45) is 0. The molecule has 1 aromatic rings. The number of hydrogen-bond acceptors (Lipinski definition) is 1. The molecule has 0 bridgehead atoms. The Morgan fingerprint density at radius 2 is 2.07 bits per heavy atom. The van der Waals surface area contributed by atoms with Gasteiger partial charge in [-0.3, -0.25) is 0 Å². The number of hydrogen-bond donors (Lipinski definition) is 1. The third kappa shape index (κ3) is 3.63. The number of alkyl halides is 1. The molecule has 1 nitrogen and oxygen atoms in total. The summed E-state index contributed by atoms with van der Waals surface area (Å²) in [6.45, 7) is 4.29. The molecule has 0 heterocycles. The van der Waals surface area contributed by atoms with E-state index in [-0.39, 0.29) is 11.4 Å². The Hall–Kier alpha value is -0.310. The molecule has 0 fully saturated rings. The van der Waals surface area contributed by atoms with E-state index < -0.39 is 0 Å². The average Bonchev–Trinajstić information content (AvgIpc) is 2.17. The third-order valence-electron chi connectivity index (χ3n) is 2.14. The van der Waals surface area contributed by atoms with Crippen molar-refractivity contribution in [3.63, 3.8) is 0 Å². The van der Waals surface area contributed by atoms with Crippen molar-refractivity contribution >= 4 is 23.2 Å². The van der Waals surface area contributed by atoms with E-state index in [1.165, 1.54) is 6.07 Å². The van der Waals surface area contributed by atoms with Crippen LogP contribution in [0.3, 0.4) is 0 Å². The molecule has 84 valence electrons. The van der Waals surface area contributed by atoms with Gasteiger partial charge in [0, 0.05) is 28.5 Å². The molecule has 0 saturated heterocycles. The maximum absolute atomic E-state index is 13.4. The summed E-state index contributed by atoms with van der Waals surface area (Å²) in [7, 11) is 0. The predicted octanol–water partition coefficient (Wildman–Crippen LogP) is 3.59. The smallest absolute Gasteiger partial charge is 0.129 e. The van der Waals surface area contributed by atoms with Crippen LogP contribution in [0, 0.1) is 5.82 Å². The summed E-state index contributed by atoms with van der Waals surface area (Å²) >= 11 is 11.6. The molecule has 0 unspecified atom stereocenters. The summed E-state index contributed by atoms with van der Waals surface area (Å²) in [5.41, 5.74) is 0.255. The monoisotopic (exact) mass is 249 g/mol. The molecule has 4 heteroatoms. The molecule has 0 amide bonds. The van der Waals surface area contributed by atoms with Crippen molar-refractivity contribution in [3.05, 3.63) is 34.6 Å². The largest absolute Gasteiger partial charge is 0.306 e. The van der Waals surface area contributed by atoms with Gasteiger partial charge in [-0.2, -0.15) is 0 Å². The summed E-state index contributed by atoms with van der Waals surface area (Å²) in [5, 5.41) is 3.59. The predicted molar refractivity (Wildman–Crippen MR) is 63.0 cm³/mol. The van der Waals surface area contributed by atoms with Gasteiger partial charge in [0.2, 0.25) is 0 Å². The summed E-state index contributed by atoms with van der Waals surface area (Å²) in [6, 6.07) is 4.67. The molecule has 0 aromatic heterocycles. The maximum Gasteiger partial charge on any atom is 0.129 e. The first-order chi connectivity index (χ1) is 6.96. The quantitative estimate of drug-likeness (QED) is 0.805. The third-order valence-corrected chi connectivity index (χ3v) is 3.16. The fourth-order valence-corrected chi connectivity index (χ4v) is 1.40. The molecule has 0 saturated carbocycles. The molecule has 0 spiro atoms. The number of nitrogens with one attached hydrogen (secondary N) is 1. The Morgan fingerprint density at radius 3 is 2.60 bits per heavy atom. The van der Waals surface area contributed by atoms with Gasteiger partial charge in [0.1, 0.15) is 5.82 Å². The lowest BCUT2D eigenvalue weighted by Gasteiger charge is -2.23. The fraction of sp³-hybridized carbons (Fsp3) is 0.455. The van der Waals surface area contributed by atoms with E-state index in [1.807, 2.05) is 13.8 Å². The number of rotatable bonds is 4. The molecule has 0 radical (unpaired) electrons. The Labute approximate surface area is 99.6 Å². The lowest BCUT2D eigenvalue weighted by atomic mass is 10.1. The van der Waals surface area contributed by atoms with Gasteiger partial charge in [0.05, 0.1) is 0 Å². The van der Waals surface area contributed by atoms with E-state index >= 15 is 0 Å². The molecule has 0 aliphatic heterocycles. The van der Waals surface area contributed by atoms with Crippen LogP contribution in [0.4, 0.5) is 4.39 Å². The minimum absolute atomic E-state index is 0.229. The molecule has 0 aliphatic carbocycles. The normalized spacial score (nSPS) is 11.8. The van der Waals surface area contributed by atoms with Gasteiger partial charge in [-0.1, -0.05) is 17.7 Å². The molecular formula is C11H14Cl2FN. The van der Waals surface area contributed by atoms with Crippen molar-refractivity contribution in [2.45, 2.75) is 25.9 Å². The van der Waals surface area contributed by atoms with Crippen molar-refractivity contribution in [1.29, 1.82) is 0 Å². The fourth-order valence-electron chi connectivity index (χ4n) is 1.08. The summed E-state index contributed by atoms with van der Waals surface area (Å²) in [4.78, 5) is 0. The van der Waals surface area contributed by atoms with Gasteiger partial charge in [-0.25, -0.2) is 4.39 Å². The van der Waals surface area contributed by atoms with E-state index in [0.29, 0.717) is 23.0 Å². The second-order valence-electron chi connectivity index (χ2n) is 4.07. The minimum atomic E-state index is -0.291. The zero-order valence-corrected chi connectivity index (χ0v) is 10.3. The van der Waals surface area contributed by atoms with E-state index in [2.05, 4.69) is 5.32 Å². The first-order valence-electron chi connectivity index (χ1n) is 4.70. The van der Waals surface area contributed by atoms with Crippen molar-refractivity contribution < 1.29 is 4.39 Å². The molecule has 1 rings (SSSR count). The molecule has 0 aliphatic rings. The molecular weight excluding hydrogens is 236 g/mol. The Kier molecular flexibility index (Phi) is 4.38. The van der Waals surface area contributed by atoms with Crippen molar-refractivity contribution in [1.82, 2.24) is 5.32 Å². The number of halogens is 3. The minimum Gasteiger partial charge on any atom is -0.306 e. The highest BCUT2D eigenvalue weighted by Crippen LogP contribution is 2.19. The van der Waals surface area contributed by atoms with Crippen LogP contribution in [-0.2, 0) is 6.54 Å². The van der Waals surface area contributed by atoms with Gasteiger partial charge < -0.3 is 5.32 Å². The first kappa shape index (κ1) is 12.8. The van der Waals surface area contributed by atoms with Gasteiger partial charge in [0.15, 0.2) is 0 Å². The Morgan fingerprint density at radius 1 is 1.40 bits per heavy atom. The van der Waals surface area contributed by atoms with Gasteiger partial charge in [-0.05, 0) is 26.0 Å². The first-order valence-corrected chi connectivity index (χ1v) is 5.61. The van der Waals surface area contributed by atoms with Crippen LogP contribution in [0.2, 0.25) is 5.02 Å². The zero-order chi connectivity index (χ0) is 11.5. The van der Waals surface area contributed by atoms with Crippen LogP contribution in [0.1, 0.15) is 19.4 Å². The average molecular weight is 250 g/mol. The highest BCUT2D eigenvalue weighted by molar-refractivity contribution is 6.31. The standard InChI is InChI=1S/C11H14Cl2FN/c1-11(2,7-12)15-6-8-9(13)4-3-5-10(8)14/h3-5,15H,6-7H2,1-2H3. The second-order valence-corrected chi connectivity index (χ2v) is 4.75.